The summed E-state index contributed by atoms with van der Waals surface area (Å²) in [6, 6.07) is 3.79. The summed E-state index contributed by atoms with van der Waals surface area (Å²) >= 11 is 0.679. The summed E-state index contributed by atoms with van der Waals surface area (Å²) in [6.45, 7) is 0. The van der Waals surface area contributed by atoms with E-state index in [-0.39, 0.29) is 24.0 Å². The Hall–Kier alpha value is -2.75. The first-order valence-electron chi connectivity index (χ1n) is 6.57. The highest BCUT2D eigenvalue weighted by atomic mass is 32.2. The molecule has 0 bridgehead atoms. The molecule has 1 aromatic carbocycles. The lowest BCUT2D eigenvalue weighted by Gasteiger charge is -2.23. The van der Waals surface area contributed by atoms with Crippen LogP contribution < -0.4 is 5.32 Å². The number of rotatable bonds is 3. The lowest BCUT2D eigenvalue weighted by atomic mass is 10.1. The monoisotopic (exact) mass is 335 g/mol. The maximum absolute atomic E-state index is 12.4. The van der Waals surface area contributed by atoms with Crippen LogP contribution in [0, 0.1) is 10.1 Å². The standard InChI is InChI=1S/C13H9N3O6S/c17-9-5-4-8(11(18)14-9)23-15-12(19)6-2-1-3-7(16(21)22)10(6)13(15)20/h1-3,8H,4-5H2,(H,14,17,18). The lowest BCUT2D eigenvalue weighted by Crippen LogP contribution is -2.44. The molecule has 1 saturated heterocycles. The van der Waals surface area contributed by atoms with Gasteiger partial charge in [0.2, 0.25) is 11.8 Å². The number of carbonyl (C=O) groups excluding carboxylic acids is 4. The second-order valence-electron chi connectivity index (χ2n) is 4.91. The molecule has 0 aromatic heterocycles. The topological polar surface area (TPSA) is 127 Å². The first-order chi connectivity index (χ1) is 10.9. The van der Waals surface area contributed by atoms with Crippen LogP contribution in [0.25, 0.3) is 0 Å². The number of amides is 4. The van der Waals surface area contributed by atoms with Gasteiger partial charge in [-0.15, -0.1) is 0 Å². The fourth-order valence-corrected chi connectivity index (χ4v) is 3.41. The number of hydrogen-bond donors (Lipinski definition) is 1. The van der Waals surface area contributed by atoms with E-state index in [9.17, 15) is 29.3 Å². The number of hydrogen-bond acceptors (Lipinski definition) is 7. The number of benzene rings is 1. The fraction of sp³-hybridized carbons (Fsp3) is 0.231. The quantitative estimate of drug-likeness (QED) is 0.372. The van der Waals surface area contributed by atoms with E-state index in [1.807, 2.05) is 0 Å². The zero-order valence-corrected chi connectivity index (χ0v) is 12.3. The highest BCUT2D eigenvalue weighted by molar-refractivity contribution is 7.99. The second-order valence-corrected chi connectivity index (χ2v) is 6.05. The third kappa shape index (κ3) is 2.46. The van der Waals surface area contributed by atoms with Gasteiger partial charge in [0.1, 0.15) is 10.8 Å². The first-order valence-corrected chi connectivity index (χ1v) is 7.40. The van der Waals surface area contributed by atoms with Gasteiger partial charge in [0.05, 0.1) is 10.5 Å². The van der Waals surface area contributed by atoms with Crippen molar-refractivity contribution in [3.63, 3.8) is 0 Å². The van der Waals surface area contributed by atoms with Gasteiger partial charge in [-0.05, 0) is 24.4 Å². The Morgan fingerprint density at radius 3 is 2.61 bits per heavy atom. The Labute approximate surface area is 133 Å². The average molecular weight is 335 g/mol. The molecule has 2 heterocycles. The van der Waals surface area contributed by atoms with Crippen molar-refractivity contribution in [1.82, 2.24) is 9.62 Å². The van der Waals surface area contributed by atoms with Gasteiger partial charge in [-0.2, -0.15) is 0 Å². The zero-order chi connectivity index (χ0) is 16.7. The molecule has 0 aliphatic carbocycles. The van der Waals surface area contributed by atoms with Crippen molar-refractivity contribution >= 4 is 41.3 Å². The predicted molar refractivity (Wildman–Crippen MR) is 77.4 cm³/mol. The van der Waals surface area contributed by atoms with E-state index in [0.29, 0.717) is 11.9 Å². The van der Waals surface area contributed by atoms with Gasteiger partial charge in [-0.3, -0.25) is 34.6 Å². The number of fused-ring (bicyclic) bond motifs is 1. The van der Waals surface area contributed by atoms with E-state index in [1.165, 1.54) is 12.1 Å². The van der Waals surface area contributed by atoms with E-state index < -0.39 is 39.5 Å². The molecule has 0 spiro atoms. The number of carbonyl (C=O) groups is 4. The largest absolute Gasteiger partial charge is 0.295 e. The molecule has 10 heteroatoms. The van der Waals surface area contributed by atoms with Crippen LogP contribution in [0.5, 0.6) is 0 Å². The smallest absolute Gasteiger partial charge is 0.283 e. The first kappa shape index (κ1) is 15.2. The molecule has 23 heavy (non-hydrogen) atoms. The second kappa shape index (κ2) is 5.47. The average Bonchev–Trinajstić information content (AvgIpc) is 2.74. The molecule has 2 aliphatic heterocycles. The number of imide groups is 2. The van der Waals surface area contributed by atoms with E-state index in [2.05, 4.69) is 5.32 Å². The van der Waals surface area contributed by atoms with Gasteiger partial charge in [-0.1, -0.05) is 6.07 Å². The van der Waals surface area contributed by atoms with Crippen molar-refractivity contribution in [2.24, 2.45) is 0 Å². The van der Waals surface area contributed by atoms with Crippen molar-refractivity contribution in [2.75, 3.05) is 0 Å². The summed E-state index contributed by atoms with van der Waals surface area (Å²) in [5.41, 5.74) is -0.793. The third-order valence-electron chi connectivity index (χ3n) is 3.47. The molecule has 1 unspecified atom stereocenters. The Kier molecular flexibility index (Phi) is 3.60. The van der Waals surface area contributed by atoms with Crippen LogP contribution in [0.15, 0.2) is 18.2 Å². The molecule has 3 rings (SSSR count). The summed E-state index contributed by atoms with van der Waals surface area (Å²) in [4.78, 5) is 57.8. The van der Waals surface area contributed by atoms with Crippen LogP contribution in [0.3, 0.4) is 0 Å². The lowest BCUT2D eigenvalue weighted by molar-refractivity contribution is -0.385. The van der Waals surface area contributed by atoms with E-state index in [4.69, 9.17) is 0 Å². The number of nitro groups is 1. The highest BCUT2D eigenvalue weighted by Gasteiger charge is 2.44. The predicted octanol–water partition coefficient (Wildman–Crippen LogP) is 0.644. The van der Waals surface area contributed by atoms with Crippen molar-refractivity contribution < 1.29 is 24.1 Å². The highest BCUT2D eigenvalue weighted by Crippen LogP contribution is 2.36. The minimum absolute atomic E-state index is 0.0657. The van der Waals surface area contributed by atoms with E-state index in [1.54, 1.807) is 0 Å². The number of nitro benzene ring substituents is 1. The van der Waals surface area contributed by atoms with Gasteiger partial charge >= 0.3 is 0 Å². The van der Waals surface area contributed by atoms with Crippen LogP contribution in [0.2, 0.25) is 0 Å². The van der Waals surface area contributed by atoms with Crippen molar-refractivity contribution in [3.05, 3.63) is 39.4 Å². The molecular weight excluding hydrogens is 326 g/mol. The SMILES string of the molecule is O=C1CCC(SN2C(=O)c3cccc([N+](=O)[O-])c3C2=O)C(=O)N1. The van der Waals surface area contributed by atoms with Crippen LogP contribution in [-0.4, -0.2) is 38.1 Å². The molecule has 2 aliphatic rings. The number of nitrogens with one attached hydrogen (secondary N) is 1. The van der Waals surface area contributed by atoms with Gasteiger partial charge in [-0.25, -0.2) is 4.31 Å². The molecule has 0 saturated carbocycles. The minimum atomic E-state index is -0.827. The molecule has 9 nitrogen and oxygen atoms in total. The zero-order valence-electron chi connectivity index (χ0n) is 11.5. The Morgan fingerprint density at radius 2 is 1.96 bits per heavy atom. The number of piperidine rings is 1. The summed E-state index contributed by atoms with van der Waals surface area (Å²) in [6.07, 6.45) is 0.289. The maximum atomic E-state index is 12.4. The molecule has 118 valence electrons. The molecule has 0 radical (unpaired) electrons. The van der Waals surface area contributed by atoms with Crippen LogP contribution in [-0.2, 0) is 9.59 Å². The molecule has 1 N–H and O–H groups in total. The summed E-state index contributed by atoms with van der Waals surface area (Å²) in [5.74, 6) is -2.53. The van der Waals surface area contributed by atoms with Gasteiger partial charge in [0.25, 0.3) is 17.5 Å². The Bertz CT molecular complexity index is 777. The summed E-state index contributed by atoms with van der Waals surface area (Å²) in [5, 5.41) is 12.4. The Balaban J connectivity index is 1.89. The summed E-state index contributed by atoms with van der Waals surface area (Å²) in [7, 11) is 0. The van der Waals surface area contributed by atoms with Crippen molar-refractivity contribution in [2.45, 2.75) is 18.1 Å². The van der Waals surface area contributed by atoms with Gasteiger partial charge in [0, 0.05) is 12.5 Å². The normalized spacial score (nSPS) is 20.5. The fourth-order valence-electron chi connectivity index (χ4n) is 2.40. The molecule has 1 fully saturated rings. The maximum Gasteiger partial charge on any atom is 0.283 e. The van der Waals surface area contributed by atoms with Crippen molar-refractivity contribution in [1.29, 1.82) is 0 Å². The van der Waals surface area contributed by atoms with E-state index in [0.717, 1.165) is 10.4 Å². The van der Waals surface area contributed by atoms with Crippen LogP contribution in [0.1, 0.15) is 33.6 Å². The molecule has 1 atom stereocenters. The van der Waals surface area contributed by atoms with E-state index >= 15 is 0 Å². The van der Waals surface area contributed by atoms with Crippen LogP contribution >= 0.6 is 11.9 Å². The minimum Gasteiger partial charge on any atom is -0.295 e. The van der Waals surface area contributed by atoms with Gasteiger partial charge in [0.15, 0.2) is 0 Å². The Morgan fingerprint density at radius 1 is 1.22 bits per heavy atom. The number of nitrogens with zero attached hydrogens (tertiary/aromatic N) is 2. The molecule has 1 aromatic rings. The molecule has 4 amide bonds. The summed E-state index contributed by atoms with van der Waals surface area (Å²) < 4.78 is 0.748. The third-order valence-corrected chi connectivity index (χ3v) is 4.72. The van der Waals surface area contributed by atoms with Gasteiger partial charge < -0.3 is 0 Å². The van der Waals surface area contributed by atoms with Crippen LogP contribution in [0.4, 0.5) is 5.69 Å². The van der Waals surface area contributed by atoms with Crippen molar-refractivity contribution in [3.8, 4) is 0 Å². The molecular formula is C13H9N3O6S.